The van der Waals surface area contributed by atoms with E-state index in [2.05, 4.69) is 64.5 Å². The fraction of sp³-hybridized carbons (Fsp3) is 0.366. The third-order valence-corrected chi connectivity index (χ3v) is 10.9. The topological polar surface area (TPSA) is 170 Å². The molecule has 4 aromatic heterocycles. The average molecular weight is 757 g/mol. The van der Waals surface area contributed by atoms with E-state index >= 15 is 0 Å². The Labute approximate surface area is 325 Å². The molecule has 0 saturated carbocycles. The van der Waals surface area contributed by atoms with Gasteiger partial charge in [0.2, 0.25) is 0 Å². The van der Waals surface area contributed by atoms with Crippen molar-refractivity contribution in [3.8, 4) is 45.4 Å². The molecule has 56 heavy (non-hydrogen) atoms. The molecule has 0 bridgehead atoms. The lowest BCUT2D eigenvalue weighted by Gasteiger charge is -2.39. The van der Waals surface area contributed by atoms with Crippen molar-refractivity contribution >= 4 is 11.6 Å². The number of hydrogen-bond acceptors (Lipinski definition) is 13. The first kappa shape index (κ1) is 37.0. The molecule has 3 aliphatic heterocycles. The summed E-state index contributed by atoms with van der Waals surface area (Å²) in [7, 11) is 0. The molecule has 3 saturated heterocycles. The highest BCUT2D eigenvalue weighted by atomic mass is 16.3. The number of benzene rings is 2. The largest absolute Gasteiger partial charge is 0.507 e. The first-order valence-corrected chi connectivity index (χ1v) is 19.1. The van der Waals surface area contributed by atoms with Crippen LogP contribution in [0.2, 0.25) is 0 Å². The van der Waals surface area contributed by atoms with Gasteiger partial charge in [-0.3, -0.25) is 0 Å². The molecule has 3 fully saturated rings. The molecule has 9 rings (SSSR count). The lowest BCUT2D eigenvalue weighted by molar-refractivity contribution is 0.205. The smallest absolute Gasteiger partial charge is 0.151 e. The second-order valence-corrected chi connectivity index (χ2v) is 15.5. The highest BCUT2D eigenvalue weighted by Gasteiger charge is 2.43. The standard InChI is InChI=1S/C22H26N6O2.C19H22N6O/c29-13-12-26-10-6-22(15-26)7-11-27(16-22)21-5-4-19(24-25-21)18-3-2-17(14-20(18)30)28-9-1-8-23-28;1-19(2)13-24(11-9-20-19)18-7-6-16(22-23-18)15-5-4-14(12-17(15)26)25-10-3-8-21-25/h1-5,8-9,14,29-30H,6-7,10-13,15-16H2;3-8,10,12,20,26H,9,11,13H2,1-2H3. The minimum atomic E-state index is 0.0548. The van der Waals surface area contributed by atoms with E-state index in [0.717, 1.165) is 81.8 Å². The molecule has 6 aromatic rings. The van der Waals surface area contributed by atoms with E-state index in [1.807, 2.05) is 73.1 Å². The van der Waals surface area contributed by atoms with Crippen LogP contribution in [0, 0.1) is 5.41 Å². The second-order valence-electron chi connectivity index (χ2n) is 15.5. The third-order valence-electron chi connectivity index (χ3n) is 10.9. The van der Waals surface area contributed by atoms with Gasteiger partial charge in [-0.1, -0.05) is 0 Å². The molecule has 0 amide bonds. The van der Waals surface area contributed by atoms with E-state index in [1.165, 1.54) is 6.42 Å². The summed E-state index contributed by atoms with van der Waals surface area (Å²) in [5.74, 6) is 2.04. The van der Waals surface area contributed by atoms with E-state index in [4.69, 9.17) is 0 Å². The summed E-state index contributed by atoms with van der Waals surface area (Å²) in [6.45, 7) is 12.1. The summed E-state index contributed by atoms with van der Waals surface area (Å²) in [6, 6.07) is 22.3. The number of anilines is 2. The molecule has 3 aliphatic rings. The van der Waals surface area contributed by atoms with Crippen molar-refractivity contribution in [3.63, 3.8) is 0 Å². The van der Waals surface area contributed by atoms with Gasteiger partial charge < -0.3 is 35.3 Å². The van der Waals surface area contributed by atoms with Crippen molar-refractivity contribution < 1.29 is 15.3 Å². The maximum absolute atomic E-state index is 10.5. The number of hydrogen-bond donors (Lipinski definition) is 4. The average Bonchev–Trinajstić information content (AvgIpc) is 4.05. The van der Waals surface area contributed by atoms with E-state index in [9.17, 15) is 15.3 Å². The Bertz CT molecular complexity index is 2210. The van der Waals surface area contributed by atoms with Crippen LogP contribution in [0.4, 0.5) is 11.6 Å². The molecule has 1 atom stereocenters. The first-order chi connectivity index (χ1) is 27.2. The van der Waals surface area contributed by atoms with Gasteiger partial charge >= 0.3 is 0 Å². The van der Waals surface area contributed by atoms with Crippen molar-refractivity contribution in [2.75, 3.05) is 68.8 Å². The molecule has 4 N–H and O–H groups in total. The lowest BCUT2D eigenvalue weighted by atomic mass is 9.86. The Morgan fingerprint density at radius 3 is 1.71 bits per heavy atom. The van der Waals surface area contributed by atoms with Crippen molar-refractivity contribution in [1.82, 2.24) is 50.2 Å². The number of piperazine rings is 1. The molecule has 290 valence electrons. The number of phenols is 2. The number of nitrogens with zero attached hydrogens (tertiary/aromatic N) is 11. The third kappa shape index (κ3) is 8.05. The molecule has 2 aromatic carbocycles. The quantitative estimate of drug-likeness (QED) is 0.175. The van der Waals surface area contributed by atoms with Crippen LogP contribution < -0.4 is 15.1 Å². The highest BCUT2D eigenvalue weighted by Crippen LogP contribution is 2.41. The number of rotatable bonds is 8. The van der Waals surface area contributed by atoms with Crippen molar-refractivity contribution in [3.05, 3.63) is 97.6 Å². The van der Waals surface area contributed by atoms with Crippen LogP contribution in [0.1, 0.15) is 26.7 Å². The van der Waals surface area contributed by atoms with Gasteiger partial charge in [0.25, 0.3) is 0 Å². The summed E-state index contributed by atoms with van der Waals surface area (Å²) in [6.07, 6.45) is 9.39. The van der Waals surface area contributed by atoms with Gasteiger partial charge in [0.15, 0.2) is 11.6 Å². The summed E-state index contributed by atoms with van der Waals surface area (Å²) in [5.41, 5.74) is 4.54. The van der Waals surface area contributed by atoms with Gasteiger partial charge in [-0.25, -0.2) is 9.36 Å². The molecule has 0 radical (unpaired) electrons. The molecular formula is C41H48N12O3. The Kier molecular flexibility index (Phi) is 10.4. The van der Waals surface area contributed by atoms with Crippen LogP contribution in [-0.4, -0.2) is 125 Å². The maximum Gasteiger partial charge on any atom is 0.151 e. The zero-order valence-electron chi connectivity index (χ0n) is 31.8. The molecule has 15 nitrogen and oxygen atoms in total. The van der Waals surface area contributed by atoms with Gasteiger partial charge in [-0.05, 0) is 93.9 Å². The van der Waals surface area contributed by atoms with Gasteiger partial charge in [0.1, 0.15) is 11.5 Å². The molecule has 0 aliphatic carbocycles. The minimum absolute atomic E-state index is 0.0548. The predicted octanol–water partition coefficient (Wildman–Crippen LogP) is 4.15. The maximum atomic E-state index is 10.5. The van der Waals surface area contributed by atoms with E-state index in [-0.39, 0.29) is 23.6 Å². The monoisotopic (exact) mass is 756 g/mol. The number of aliphatic hydroxyl groups excluding tert-OH is 1. The number of aromatic hydroxyl groups is 2. The first-order valence-electron chi connectivity index (χ1n) is 19.1. The van der Waals surface area contributed by atoms with Crippen LogP contribution in [0.5, 0.6) is 11.5 Å². The number of aliphatic hydroxyl groups is 1. The Balaban J connectivity index is 0.000000159. The second kappa shape index (κ2) is 15.7. The number of likely N-dealkylation sites (tertiary alicyclic amines) is 1. The fourth-order valence-corrected chi connectivity index (χ4v) is 8.04. The normalized spacial score (nSPS) is 19.3. The van der Waals surface area contributed by atoms with E-state index in [0.29, 0.717) is 27.9 Å². The lowest BCUT2D eigenvalue weighted by Crippen LogP contribution is -2.57. The van der Waals surface area contributed by atoms with Crippen LogP contribution in [0.25, 0.3) is 33.9 Å². The van der Waals surface area contributed by atoms with Crippen molar-refractivity contribution in [2.45, 2.75) is 32.2 Å². The summed E-state index contributed by atoms with van der Waals surface area (Å²) < 4.78 is 3.40. The summed E-state index contributed by atoms with van der Waals surface area (Å²) in [4.78, 5) is 6.89. The van der Waals surface area contributed by atoms with Crippen LogP contribution in [-0.2, 0) is 0 Å². The molecule has 1 unspecified atom stereocenters. The van der Waals surface area contributed by atoms with Crippen molar-refractivity contribution in [1.29, 1.82) is 0 Å². The number of phenolic OH excluding ortho intramolecular Hbond substituents is 2. The van der Waals surface area contributed by atoms with Gasteiger partial charge in [-0.2, -0.15) is 10.2 Å². The molecule has 15 heteroatoms. The Morgan fingerprint density at radius 1 is 0.661 bits per heavy atom. The van der Waals surface area contributed by atoms with E-state index < -0.39 is 0 Å². The number of aromatic nitrogens is 8. The minimum Gasteiger partial charge on any atom is -0.507 e. The zero-order chi connectivity index (χ0) is 38.7. The molecule has 1 spiro atoms. The SMILES string of the molecule is CC1(C)CN(c2ccc(-c3ccc(-n4cccn4)cc3O)nn2)CCN1.OCCN1CCC2(CCN(c3ccc(-c4ccc(-n5cccn5)cc4O)nn3)C2)C1. The van der Waals surface area contributed by atoms with Crippen LogP contribution >= 0.6 is 0 Å². The number of β-amino-alcohol motifs (C(OH)–C–C–N with tert-alkyl or cyclic N) is 1. The Hall–Kier alpha value is -5.90. The van der Waals surface area contributed by atoms with Gasteiger partial charge in [0, 0.05) is 105 Å². The van der Waals surface area contributed by atoms with Crippen LogP contribution in [0.3, 0.4) is 0 Å². The highest BCUT2D eigenvalue weighted by molar-refractivity contribution is 5.70. The fourth-order valence-electron chi connectivity index (χ4n) is 8.04. The van der Waals surface area contributed by atoms with Crippen molar-refractivity contribution in [2.24, 2.45) is 5.41 Å². The summed E-state index contributed by atoms with van der Waals surface area (Å²) in [5, 5.41) is 59.5. The van der Waals surface area contributed by atoms with Crippen LogP contribution in [0.15, 0.2) is 97.6 Å². The molecular weight excluding hydrogens is 709 g/mol. The Morgan fingerprint density at radius 2 is 1.23 bits per heavy atom. The molecule has 7 heterocycles. The van der Waals surface area contributed by atoms with Gasteiger partial charge in [0.05, 0.1) is 29.4 Å². The number of nitrogens with one attached hydrogen (secondary N) is 1. The zero-order valence-corrected chi connectivity index (χ0v) is 31.8. The van der Waals surface area contributed by atoms with Gasteiger partial charge in [-0.15, -0.1) is 20.4 Å². The van der Waals surface area contributed by atoms with E-state index in [1.54, 1.807) is 33.9 Å². The predicted molar refractivity (Wildman–Crippen MR) is 214 cm³/mol. The summed E-state index contributed by atoms with van der Waals surface area (Å²) >= 11 is 0.